The Morgan fingerprint density at radius 2 is 1.90 bits per heavy atom. The number of nitrogens with one attached hydrogen (secondary N) is 1. The minimum absolute atomic E-state index is 0.0650. The van der Waals surface area contributed by atoms with Crippen LogP contribution < -0.4 is 15.8 Å². The standard InChI is InChI=1S/C21H21N5O3/c1-27-14-7-5-13(6-8-14)17-19(11-22)18(24)26-21(28-9-10-29-21)20(19,12-23)15-3-2-4-16(15)25-17/h5-8,17,25H,2-4,9-10H2,1H3,(H2,24,26)/t17-,19-,20-/m0/s1. The Kier molecular flexibility index (Phi) is 3.70. The molecule has 1 aromatic carbocycles. The van der Waals surface area contributed by atoms with Crippen molar-refractivity contribution in [3.8, 4) is 17.9 Å². The summed E-state index contributed by atoms with van der Waals surface area (Å²) < 4.78 is 17.2. The van der Waals surface area contributed by atoms with Crippen LogP contribution in [0.15, 0.2) is 40.5 Å². The van der Waals surface area contributed by atoms with Gasteiger partial charge in [-0.1, -0.05) is 12.1 Å². The highest BCUT2D eigenvalue weighted by atomic mass is 16.8. The number of hydrogen-bond donors (Lipinski definition) is 2. The van der Waals surface area contributed by atoms with Crippen LogP contribution >= 0.6 is 0 Å². The monoisotopic (exact) mass is 391 g/mol. The summed E-state index contributed by atoms with van der Waals surface area (Å²) in [5.74, 6) is -0.815. The Morgan fingerprint density at radius 1 is 1.17 bits per heavy atom. The van der Waals surface area contributed by atoms with E-state index in [-0.39, 0.29) is 5.84 Å². The number of nitrogens with zero attached hydrogens (tertiary/aromatic N) is 3. The lowest BCUT2D eigenvalue weighted by atomic mass is 9.53. The van der Waals surface area contributed by atoms with E-state index in [9.17, 15) is 10.5 Å². The second-order valence-electron chi connectivity index (χ2n) is 7.72. The van der Waals surface area contributed by atoms with Crippen molar-refractivity contribution in [2.24, 2.45) is 21.6 Å². The lowest BCUT2D eigenvalue weighted by Crippen LogP contribution is -2.63. The van der Waals surface area contributed by atoms with Crippen molar-refractivity contribution in [3.63, 3.8) is 0 Å². The van der Waals surface area contributed by atoms with E-state index in [1.54, 1.807) is 7.11 Å². The predicted octanol–water partition coefficient (Wildman–Crippen LogP) is 1.87. The number of allylic oxidation sites excluding steroid dienone is 1. The van der Waals surface area contributed by atoms with Crippen LogP contribution in [-0.4, -0.2) is 32.1 Å². The van der Waals surface area contributed by atoms with Crippen molar-refractivity contribution in [2.45, 2.75) is 31.2 Å². The number of fused-ring (bicyclic) bond motifs is 3. The third kappa shape index (κ3) is 1.91. The molecular weight excluding hydrogens is 370 g/mol. The molecule has 0 radical (unpaired) electrons. The molecule has 3 heterocycles. The lowest BCUT2D eigenvalue weighted by molar-refractivity contribution is -0.212. The van der Waals surface area contributed by atoms with Gasteiger partial charge in [-0.2, -0.15) is 10.5 Å². The van der Waals surface area contributed by atoms with Gasteiger partial charge in [-0.3, -0.25) is 0 Å². The minimum Gasteiger partial charge on any atom is -0.497 e. The van der Waals surface area contributed by atoms with Crippen molar-refractivity contribution in [1.29, 1.82) is 10.5 Å². The number of nitrogens with two attached hydrogens (primary N) is 1. The molecule has 0 saturated carbocycles. The number of ether oxygens (including phenoxy) is 3. The fraction of sp³-hybridized carbons (Fsp3) is 0.476. The first kappa shape index (κ1) is 18.0. The molecule has 0 aromatic heterocycles. The highest BCUT2D eigenvalue weighted by molar-refractivity contribution is 5.96. The van der Waals surface area contributed by atoms with Crippen LogP contribution in [-0.2, 0) is 9.47 Å². The molecule has 1 aromatic rings. The number of aliphatic imine (C=N–C) groups is 1. The quantitative estimate of drug-likeness (QED) is 0.788. The number of benzene rings is 1. The van der Waals surface area contributed by atoms with Gasteiger partial charge >= 0.3 is 0 Å². The Bertz CT molecular complexity index is 1010. The molecule has 1 spiro atoms. The summed E-state index contributed by atoms with van der Waals surface area (Å²) in [4.78, 5) is 4.53. The molecule has 1 aliphatic carbocycles. The van der Waals surface area contributed by atoms with Crippen LogP contribution in [0.4, 0.5) is 0 Å². The zero-order valence-corrected chi connectivity index (χ0v) is 16.1. The molecule has 3 N–H and O–H groups in total. The number of hydrogen-bond acceptors (Lipinski definition) is 8. The molecule has 0 amide bonds. The van der Waals surface area contributed by atoms with Gasteiger partial charge in [-0.05, 0) is 42.5 Å². The number of amidine groups is 1. The van der Waals surface area contributed by atoms with Crippen LogP contribution in [0.1, 0.15) is 30.9 Å². The number of nitriles is 2. The topological polar surface area (TPSA) is 126 Å². The minimum atomic E-state index is -1.58. The lowest BCUT2D eigenvalue weighted by Gasteiger charge is -2.50. The average Bonchev–Trinajstić information content (AvgIpc) is 3.46. The fourth-order valence-electron chi connectivity index (χ4n) is 5.41. The summed E-state index contributed by atoms with van der Waals surface area (Å²) in [5.41, 5.74) is 6.14. The normalized spacial score (nSPS) is 34.0. The molecule has 29 heavy (non-hydrogen) atoms. The first-order chi connectivity index (χ1) is 14.1. The Hall–Kier alpha value is -3.07. The number of rotatable bonds is 2. The second kappa shape index (κ2) is 5.96. The van der Waals surface area contributed by atoms with E-state index >= 15 is 0 Å². The Balaban J connectivity index is 1.79. The largest absolute Gasteiger partial charge is 0.497 e. The maximum Gasteiger partial charge on any atom is 0.297 e. The second-order valence-corrected chi connectivity index (χ2v) is 7.72. The molecule has 1 fully saturated rings. The summed E-state index contributed by atoms with van der Waals surface area (Å²) in [7, 11) is 1.60. The smallest absolute Gasteiger partial charge is 0.297 e. The molecule has 3 atom stereocenters. The molecule has 4 aliphatic rings. The molecule has 8 nitrogen and oxygen atoms in total. The molecule has 8 heteroatoms. The van der Waals surface area contributed by atoms with E-state index in [0.717, 1.165) is 29.7 Å². The van der Waals surface area contributed by atoms with E-state index in [0.29, 0.717) is 25.4 Å². The Morgan fingerprint density at radius 3 is 2.52 bits per heavy atom. The van der Waals surface area contributed by atoms with E-state index in [1.807, 2.05) is 24.3 Å². The van der Waals surface area contributed by atoms with Crippen molar-refractivity contribution in [3.05, 3.63) is 41.1 Å². The maximum atomic E-state index is 10.6. The van der Waals surface area contributed by atoms with Crippen molar-refractivity contribution in [2.75, 3.05) is 20.3 Å². The van der Waals surface area contributed by atoms with Crippen LogP contribution in [0.2, 0.25) is 0 Å². The maximum absolute atomic E-state index is 10.6. The van der Waals surface area contributed by atoms with Crippen molar-refractivity contribution < 1.29 is 14.2 Å². The molecule has 5 rings (SSSR count). The van der Waals surface area contributed by atoms with Gasteiger partial charge in [0, 0.05) is 5.70 Å². The van der Waals surface area contributed by atoms with E-state index in [4.69, 9.17) is 19.9 Å². The van der Waals surface area contributed by atoms with Crippen LogP contribution in [0.5, 0.6) is 5.75 Å². The van der Waals surface area contributed by atoms with E-state index < -0.39 is 22.8 Å². The highest BCUT2D eigenvalue weighted by Crippen LogP contribution is 2.68. The zero-order valence-electron chi connectivity index (χ0n) is 16.1. The summed E-state index contributed by atoms with van der Waals surface area (Å²) in [5, 5.41) is 24.7. The number of methoxy groups -OCH3 is 1. The zero-order chi connectivity index (χ0) is 20.3. The fourth-order valence-corrected chi connectivity index (χ4v) is 5.41. The molecule has 148 valence electrons. The first-order valence-electron chi connectivity index (χ1n) is 9.68. The Labute approximate surface area is 168 Å². The summed E-state index contributed by atoms with van der Waals surface area (Å²) in [6.45, 7) is 0.593. The van der Waals surface area contributed by atoms with Crippen molar-refractivity contribution in [1.82, 2.24) is 5.32 Å². The third-order valence-electron chi connectivity index (χ3n) is 6.63. The summed E-state index contributed by atoms with van der Waals surface area (Å²) >= 11 is 0. The van der Waals surface area contributed by atoms with E-state index in [2.05, 4.69) is 22.4 Å². The van der Waals surface area contributed by atoms with E-state index in [1.165, 1.54) is 0 Å². The van der Waals surface area contributed by atoms with Gasteiger partial charge < -0.3 is 25.3 Å². The summed E-state index contributed by atoms with van der Waals surface area (Å²) in [6, 6.07) is 11.7. The average molecular weight is 391 g/mol. The highest BCUT2D eigenvalue weighted by Gasteiger charge is 2.80. The summed E-state index contributed by atoms with van der Waals surface area (Å²) in [6.07, 6.45) is 2.35. The molecule has 0 bridgehead atoms. The first-order valence-corrected chi connectivity index (χ1v) is 9.68. The molecule has 1 saturated heterocycles. The predicted molar refractivity (Wildman–Crippen MR) is 102 cm³/mol. The van der Waals surface area contributed by atoms with Crippen LogP contribution in [0, 0.1) is 33.5 Å². The van der Waals surface area contributed by atoms with Gasteiger partial charge in [0.15, 0.2) is 10.8 Å². The molecular formula is C21H21N5O3. The van der Waals surface area contributed by atoms with Crippen LogP contribution in [0.25, 0.3) is 0 Å². The third-order valence-corrected chi connectivity index (χ3v) is 6.63. The van der Waals surface area contributed by atoms with Gasteiger partial charge in [-0.15, -0.1) is 0 Å². The molecule has 3 aliphatic heterocycles. The van der Waals surface area contributed by atoms with Gasteiger partial charge in [0.05, 0.1) is 38.5 Å². The van der Waals surface area contributed by atoms with Gasteiger partial charge in [0.25, 0.3) is 5.91 Å². The van der Waals surface area contributed by atoms with Crippen LogP contribution in [0.3, 0.4) is 0 Å². The van der Waals surface area contributed by atoms with Gasteiger partial charge in [-0.25, -0.2) is 4.99 Å². The van der Waals surface area contributed by atoms with Gasteiger partial charge in [0.2, 0.25) is 0 Å². The van der Waals surface area contributed by atoms with Gasteiger partial charge in [0.1, 0.15) is 11.6 Å². The molecule has 0 unspecified atom stereocenters. The van der Waals surface area contributed by atoms with Crippen molar-refractivity contribution >= 4 is 5.84 Å². The SMILES string of the molecule is COc1ccc([C@@H]2NC3=C(CCC3)[C@]3(C#N)C4(N=C(N)[C@]23C#N)OCCO4)cc1.